The van der Waals surface area contributed by atoms with E-state index in [4.69, 9.17) is 39.9 Å². The van der Waals surface area contributed by atoms with Gasteiger partial charge >= 0.3 is 5.97 Å². The molecule has 1 aromatic rings. The molecule has 0 saturated heterocycles. The largest absolute Gasteiger partial charge is 0.478 e. The van der Waals surface area contributed by atoms with Gasteiger partial charge in [0, 0.05) is 5.02 Å². The molecule has 88 valence electrons. The fourth-order valence-electron chi connectivity index (χ4n) is 1.47. The fraction of sp³-hybridized carbons (Fsp3) is 0.300. The molecule has 6 heteroatoms. The average Bonchev–Trinajstić information content (AvgIpc) is 1.97. The van der Waals surface area contributed by atoms with Crippen LogP contribution in [0.2, 0.25) is 34.7 Å². The van der Waals surface area contributed by atoms with Crippen LogP contribution in [0.25, 0.3) is 0 Å². The summed E-state index contributed by atoms with van der Waals surface area (Å²) in [4.78, 5) is 11.0. The maximum atomic E-state index is 11.0. The number of hydrogen-bond acceptors (Lipinski definition) is 1. The van der Waals surface area contributed by atoms with Crippen LogP contribution in [0.15, 0.2) is 6.07 Å². The molecule has 0 heterocycles. The Morgan fingerprint density at radius 2 is 1.69 bits per heavy atom. The van der Waals surface area contributed by atoms with Gasteiger partial charge in [-0.3, -0.25) is 0 Å². The lowest BCUT2D eigenvalue weighted by Gasteiger charge is -2.21. The van der Waals surface area contributed by atoms with E-state index in [1.165, 1.54) is 6.07 Å². The van der Waals surface area contributed by atoms with Crippen molar-refractivity contribution in [3.8, 4) is 0 Å². The van der Waals surface area contributed by atoms with Crippen molar-refractivity contribution < 1.29 is 9.90 Å². The lowest BCUT2D eigenvalue weighted by Crippen LogP contribution is -2.40. The Balaban J connectivity index is 3.65. The van der Waals surface area contributed by atoms with Crippen molar-refractivity contribution in [3.05, 3.63) is 26.7 Å². The molecule has 16 heavy (non-hydrogen) atoms. The van der Waals surface area contributed by atoms with Crippen molar-refractivity contribution in [3.63, 3.8) is 0 Å². The SMILES string of the molecule is C[Si](C)(C)c1c(Cl)cc(Cl)c(C(=O)O)c1Cl. The Hall–Kier alpha value is -0.223. The summed E-state index contributed by atoms with van der Waals surface area (Å²) in [6.45, 7) is 6.12. The van der Waals surface area contributed by atoms with Crippen LogP contribution in [0.3, 0.4) is 0 Å². The molecule has 1 rings (SSSR count). The third kappa shape index (κ3) is 2.54. The molecular weight excluding hydrogens is 287 g/mol. The monoisotopic (exact) mass is 296 g/mol. The van der Waals surface area contributed by atoms with E-state index in [2.05, 4.69) is 0 Å². The first-order valence-corrected chi connectivity index (χ1v) is 9.21. The molecule has 0 unspecified atom stereocenters. The first kappa shape index (κ1) is 13.8. The lowest BCUT2D eigenvalue weighted by molar-refractivity contribution is 0.0697. The van der Waals surface area contributed by atoms with Gasteiger partial charge in [0.15, 0.2) is 0 Å². The number of rotatable bonds is 2. The molecule has 0 spiro atoms. The topological polar surface area (TPSA) is 37.3 Å². The third-order valence-electron chi connectivity index (χ3n) is 2.13. The van der Waals surface area contributed by atoms with Gasteiger partial charge in [-0.15, -0.1) is 0 Å². The van der Waals surface area contributed by atoms with Gasteiger partial charge in [0.1, 0.15) is 0 Å². The van der Waals surface area contributed by atoms with Crippen molar-refractivity contribution in [2.45, 2.75) is 19.6 Å². The second kappa shape index (κ2) is 4.57. The zero-order chi connectivity index (χ0) is 12.7. The zero-order valence-electron chi connectivity index (χ0n) is 9.07. The molecule has 1 aromatic carbocycles. The first-order valence-electron chi connectivity index (χ1n) is 4.57. The standard InChI is InChI=1S/C10H11Cl3O2Si/c1-16(2,3)9-6(12)4-5(11)7(8(9)13)10(14)15/h4H,1-3H3,(H,14,15). The summed E-state index contributed by atoms with van der Waals surface area (Å²) in [5, 5.41) is 10.5. The van der Waals surface area contributed by atoms with E-state index in [0.717, 1.165) is 5.19 Å². The van der Waals surface area contributed by atoms with Crippen molar-refractivity contribution in [1.82, 2.24) is 0 Å². The molecule has 0 amide bonds. The second-order valence-corrected chi connectivity index (χ2v) is 10.7. The van der Waals surface area contributed by atoms with Crippen molar-refractivity contribution in [2.75, 3.05) is 0 Å². The molecule has 0 fully saturated rings. The number of carboxylic acid groups (broad SMARTS) is 1. The third-order valence-corrected chi connectivity index (χ3v) is 5.44. The zero-order valence-corrected chi connectivity index (χ0v) is 12.3. The maximum Gasteiger partial charge on any atom is 0.338 e. The molecular formula is C10H11Cl3O2Si. The minimum atomic E-state index is -1.81. The summed E-state index contributed by atoms with van der Waals surface area (Å²) >= 11 is 18.0. The Bertz CT molecular complexity index is 452. The fourth-order valence-corrected chi connectivity index (χ4v) is 5.67. The van der Waals surface area contributed by atoms with E-state index in [0.29, 0.717) is 5.02 Å². The lowest BCUT2D eigenvalue weighted by atomic mass is 10.2. The van der Waals surface area contributed by atoms with Gasteiger partial charge in [-0.1, -0.05) is 54.4 Å². The Kier molecular flexibility index (Phi) is 3.95. The van der Waals surface area contributed by atoms with Crippen LogP contribution in [0.1, 0.15) is 10.4 Å². The first-order chi connectivity index (χ1) is 7.16. The van der Waals surface area contributed by atoms with E-state index in [-0.39, 0.29) is 15.6 Å². The summed E-state index contributed by atoms with van der Waals surface area (Å²) in [5.41, 5.74) is -0.0647. The molecule has 0 radical (unpaired) electrons. The van der Waals surface area contributed by atoms with Crippen molar-refractivity contribution >= 4 is 54.0 Å². The van der Waals surface area contributed by atoms with Gasteiger partial charge < -0.3 is 5.11 Å². The molecule has 0 saturated carbocycles. The van der Waals surface area contributed by atoms with Crippen molar-refractivity contribution in [1.29, 1.82) is 0 Å². The molecule has 2 nitrogen and oxygen atoms in total. The Morgan fingerprint density at radius 3 is 2.06 bits per heavy atom. The second-order valence-electron chi connectivity index (χ2n) is 4.46. The highest BCUT2D eigenvalue weighted by atomic mass is 35.5. The summed E-state index contributed by atoms with van der Waals surface area (Å²) in [7, 11) is -1.81. The van der Waals surface area contributed by atoms with E-state index in [9.17, 15) is 4.79 Å². The van der Waals surface area contributed by atoms with Gasteiger partial charge in [0.25, 0.3) is 0 Å². The number of halogens is 3. The minimum absolute atomic E-state index is 0.0647. The highest BCUT2D eigenvalue weighted by molar-refractivity contribution is 6.91. The van der Waals surface area contributed by atoms with Gasteiger partial charge in [0.05, 0.1) is 23.7 Å². The van der Waals surface area contributed by atoms with Crippen LogP contribution >= 0.6 is 34.8 Å². The molecule has 0 aliphatic rings. The molecule has 0 aromatic heterocycles. The van der Waals surface area contributed by atoms with Crippen LogP contribution < -0.4 is 5.19 Å². The van der Waals surface area contributed by atoms with Crippen LogP contribution in [-0.2, 0) is 0 Å². The number of aromatic carboxylic acids is 1. The van der Waals surface area contributed by atoms with E-state index >= 15 is 0 Å². The predicted octanol–water partition coefficient (Wildman–Crippen LogP) is 3.89. The molecule has 0 bridgehead atoms. The summed E-state index contributed by atoms with van der Waals surface area (Å²) in [6.07, 6.45) is 0. The Morgan fingerprint density at radius 1 is 1.19 bits per heavy atom. The van der Waals surface area contributed by atoms with Crippen LogP contribution in [0.5, 0.6) is 0 Å². The number of hydrogen-bond donors (Lipinski definition) is 1. The summed E-state index contributed by atoms with van der Waals surface area (Å²) < 4.78 is 0. The summed E-state index contributed by atoms with van der Waals surface area (Å²) in [6, 6.07) is 1.45. The van der Waals surface area contributed by atoms with E-state index in [1.54, 1.807) is 0 Å². The predicted molar refractivity (Wildman–Crippen MR) is 71.4 cm³/mol. The molecule has 1 N–H and O–H groups in total. The van der Waals surface area contributed by atoms with Crippen LogP contribution in [0, 0.1) is 0 Å². The number of carbonyl (C=O) groups is 1. The van der Waals surface area contributed by atoms with Gasteiger partial charge in [-0.2, -0.15) is 0 Å². The highest BCUT2D eigenvalue weighted by Gasteiger charge is 2.28. The van der Waals surface area contributed by atoms with Gasteiger partial charge in [-0.25, -0.2) is 4.79 Å². The Labute approximate surface area is 110 Å². The normalized spacial score (nSPS) is 11.6. The van der Waals surface area contributed by atoms with Crippen molar-refractivity contribution in [2.24, 2.45) is 0 Å². The van der Waals surface area contributed by atoms with Gasteiger partial charge in [0.2, 0.25) is 0 Å². The van der Waals surface area contributed by atoms with Gasteiger partial charge in [-0.05, 0) is 11.3 Å². The average molecular weight is 298 g/mol. The maximum absolute atomic E-state index is 11.0. The minimum Gasteiger partial charge on any atom is -0.478 e. The molecule has 0 atom stereocenters. The van der Waals surface area contributed by atoms with Crippen LogP contribution in [-0.4, -0.2) is 19.1 Å². The smallest absolute Gasteiger partial charge is 0.338 e. The van der Waals surface area contributed by atoms with Crippen LogP contribution in [0.4, 0.5) is 0 Å². The van der Waals surface area contributed by atoms with E-state index < -0.39 is 14.0 Å². The summed E-state index contributed by atoms with van der Waals surface area (Å²) in [5.74, 6) is -1.13. The quantitative estimate of drug-likeness (QED) is 0.841. The number of benzene rings is 1. The molecule has 0 aliphatic carbocycles. The number of carboxylic acids is 1. The van der Waals surface area contributed by atoms with E-state index in [1.807, 2.05) is 19.6 Å². The highest BCUT2D eigenvalue weighted by Crippen LogP contribution is 2.29. The molecule has 0 aliphatic heterocycles.